The minimum atomic E-state index is 0.517. The van der Waals surface area contributed by atoms with Gasteiger partial charge in [-0.2, -0.15) is 0 Å². The van der Waals surface area contributed by atoms with Crippen molar-refractivity contribution in [3.05, 3.63) is 28.8 Å². The lowest BCUT2D eigenvalue weighted by Gasteiger charge is -2.40. The van der Waals surface area contributed by atoms with Crippen molar-refractivity contribution in [2.24, 2.45) is 11.1 Å². The van der Waals surface area contributed by atoms with E-state index in [1.165, 1.54) is 30.5 Å². The van der Waals surface area contributed by atoms with Crippen LogP contribution in [0, 0.1) is 5.41 Å². The molecule has 0 aromatic heterocycles. The SMILES string of the molecule is CCC1(C)CCN(c2cccc(Cl)c2CCN)CC1. The van der Waals surface area contributed by atoms with Crippen molar-refractivity contribution in [2.75, 3.05) is 24.5 Å². The van der Waals surface area contributed by atoms with Crippen LogP contribution in [0.5, 0.6) is 0 Å². The fourth-order valence-electron chi connectivity index (χ4n) is 2.88. The zero-order valence-corrected chi connectivity index (χ0v) is 12.8. The summed E-state index contributed by atoms with van der Waals surface area (Å²) in [7, 11) is 0. The number of nitrogens with zero attached hydrogens (tertiary/aromatic N) is 1. The van der Waals surface area contributed by atoms with Crippen molar-refractivity contribution in [3.8, 4) is 0 Å². The third kappa shape index (κ3) is 3.24. The zero-order chi connectivity index (χ0) is 13.9. The molecule has 0 spiro atoms. The minimum absolute atomic E-state index is 0.517. The highest BCUT2D eigenvalue weighted by Gasteiger charge is 2.29. The van der Waals surface area contributed by atoms with Crippen LogP contribution >= 0.6 is 11.6 Å². The predicted octanol–water partition coefficient (Wildman–Crippen LogP) is 3.86. The Morgan fingerprint density at radius 1 is 1.32 bits per heavy atom. The smallest absolute Gasteiger partial charge is 0.0459 e. The van der Waals surface area contributed by atoms with Gasteiger partial charge in [0.2, 0.25) is 0 Å². The normalized spacial score (nSPS) is 18.6. The van der Waals surface area contributed by atoms with Gasteiger partial charge in [0.25, 0.3) is 0 Å². The Bertz CT molecular complexity index is 423. The van der Waals surface area contributed by atoms with Crippen molar-refractivity contribution >= 4 is 17.3 Å². The first kappa shape index (κ1) is 14.7. The van der Waals surface area contributed by atoms with Crippen LogP contribution in [0.15, 0.2) is 18.2 Å². The summed E-state index contributed by atoms with van der Waals surface area (Å²) in [5.74, 6) is 0. The summed E-state index contributed by atoms with van der Waals surface area (Å²) in [6, 6.07) is 6.20. The van der Waals surface area contributed by atoms with Crippen LogP contribution < -0.4 is 10.6 Å². The monoisotopic (exact) mass is 280 g/mol. The number of halogens is 1. The van der Waals surface area contributed by atoms with Crippen molar-refractivity contribution in [2.45, 2.75) is 39.5 Å². The van der Waals surface area contributed by atoms with Crippen LogP contribution in [0.2, 0.25) is 5.02 Å². The molecule has 2 N–H and O–H groups in total. The molecule has 0 unspecified atom stereocenters. The summed E-state index contributed by atoms with van der Waals surface area (Å²) >= 11 is 6.33. The van der Waals surface area contributed by atoms with E-state index in [0.717, 1.165) is 24.5 Å². The lowest BCUT2D eigenvalue weighted by Crippen LogP contribution is -2.39. The molecule has 0 atom stereocenters. The van der Waals surface area contributed by atoms with Crippen LogP contribution in [-0.4, -0.2) is 19.6 Å². The molecule has 1 aromatic rings. The Labute approximate surface area is 121 Å². The first-order chi connectivity index (χ1) is 9.09. The van der Waals surface area contributed by atoms with Gasteiger partial charge < -0.3 is 10.6 Å². The molecule has 1 aliphatic rings. The molecule has 1 heterocycles. The van der Waals surface area contributed by atoms with Gasteiger partial charge in [-0.15, -0.1) is 0 Å². The van der Waals surface area contributed by atoms with Gasteiger partial charge in [-0.1, -0.05) is 37.9 Å². The molecular weight excluding hydrogens is 256 g/mol. The highest BCUT2D eigenvalue weighted by atomic mass is 35.5. The van der Waals surface area contributed by atoms with Crippen LogP contribution in [0.1, 0.15) is 38.7 Å². The van der Waals surface area contributed by atoms with Crippen molar-refractivity contribution in [3.63, 3.8) is 0 Å². The standard InChI is InChI=1S/C16H25ClN2/c1-3-16(2)8-11-19(12-9-16)15-6-4-5-14(17)13(15)7-10-18/h4-6H,3,7-12,18H2,1-2H3. The quantitative estimate of drug-likeness (QED) is 0.907. The van der Waals surface area contributed by atoms with E-state index >= 15 is 0 Å². The lowest BCUT2D eigenvalue weighted by atomic mass is 9.78. The van der Waals surface area contributed by atoms with Gasteiger partial charge >= 0.3 is 0 Å². The van der Waals surface area contributed by atoms with Gasteiger partial charge in [0.15, 0.2) is 0 Å². The lowest BCUT2D eigenvalue weighted by molar-refractivity contribution is 0.238. The second-order valence-corrected chi connectivity index (χ2v) is 6.33. The molecule has 106 valence electrons. The third-order valence-corrected chi connectivity index (χ3v) is 5.01. The van der Waals surface area contributed by atoms with Gasteiger partial charge in [0, 0.05) is 23.8 Å². The van der Waals surface area contributed by atoms with E-state index in [9.17, 15) is 0 Å². The number of nitrogens with two attached hydrogens (primary N) is 1. The van der Waals surface area contributed by atoms with E-state index < -0.39 is 0 Å². The molecule has 2 rings (SSSR count). The van der Waals surface area contributed by atoms with E-state index in [4.69, 9.17) is 17.3 Å². The largest absolute Gasteiger partial charge is 0.371 e. The Balaban J connectivity index is 2.17. The molecule has 0 radical (unpaired) electrons. The van der Waals surface area contributed by atoms with Crippen molar-refractivity contribution in [1.82, 2.24) is 0 Å². The second kappa shape index (κ2) is 6.15. The summed E-state index contributed by atoms with van der Waals surface area (Å²) in [4.78, 5) is 2.48. The Hall–Kier alpha value is -0.730. The Morgan fingerprint density at radius 3 is 2.58 bits per heavy atom. The van der Waals surface area contributed by atoms with E-state index in [2.05, 4.69) is 24.8 Å². The molecule has 0 amide bonds. The maximum Gasteiger partial charge on any atom is 0.0459 e. The fourth-order valence-corrected chi connectivity index (χ4v) is 3.14. The molecule has 0 aliphatic carbocycles. The molecular formula is C16H25ClN2. The molecule has 3 heteroatoms. The van der Waals surface area contributed by atoms with E-state index in [1.54, 1.807) is 0 Å². The first-order valence-electron chi connectivity index (χ1n) is 7.32. The van der Waals surface area contributed by atoms with Gasteiger partial charge in [0.05, 0.1) is 0 Å². The maximum atomic E-state index is 6.33. The highest BCUT2D eigenvalue weighted by Crippen LogP contribution is 2.37. The molecule has 1 aliphatic heterocycles. The highest BCUT2D eigenvalue weighted by molar-refractivity contribution is 6.31. The fraction of sp³-hybridized carbons (Fsp3) is 0.625. The summed E-state index contributed by atoms with van der Waals surface area (Å²) in [6.07, 6.45) is 4.65. The van der Waals surface area contributed by atoms with Gasteiger partial charge in [-0.25, -0.2) is 0 Å². The topological polar surface area (TPSA) is 29.3 Å². The van der Waals surface area contributed by atoms with Crippen LogP contribution in [0.25, 0.3) is 0 Å². The Kier molecular flexibility index (Phi) is 4.75. The number of hydrogen-bond donors (Lipinski definition) is 1. The minimum Gasteiger partial charge on any atom is -0.371 e. The molecule has 0 saturated carbocycles. The van der Waals surface area contributed by atoms with Crippen molar-refractivity contribution in [1.29, 1.82) is 0 Å². The molecule has 1 fully saturated rings. The summed E-state index contributed by atoms with van der Waals surface area (Å²) < 4.78 is 0. The average molecular weight is 281 g/mol. The zero-order valence-electron chi connectivity index (χ0n) is 12.1. The van der Waals surface area contributed by atoms with Gasteiger partial charge in [0.1, 0.15) is 0 Å². The van der Waals surface area contributed by atoms with Gasteiger partial charge in [-0.3, -0.25) is 0 Å². The van der Waals surface area contributed by atoms with E-state index in [0.29, 0.717) is 12.0 Å². The van der Waals surface area contributed by atoms with Crippen LogP contribution in [-0.2, 0) is 6.42 Å². The van der Waals surface area contributed by atoms with Crippen LogP contribution in [0.3, 0.4) is 0 Å². The molecule has 0 bridgehead atoms. The molecule has 1 saturated heterocycles. The third-order valence-electron chi connectivity index (χ3n) is 4.65. The van der Waals surface area contributed by atoms with Crippen LogP contribution in [0.4, 0.5) is 5.69 Å². The number of benzene rings is 1. The summed E-state index contributed by atoms with van der Waals surface area (Å²) in [5, 5.41) is 0.853. The predicted molar refractivity (Wildman–Crippen MR) is 84.1 cm³/mol. The average Bonchev–Trinajstić information content (AvgIpc) is 2.42. The van der Waals surface area contributed by atoms with E-state index in [-0.39, 0.29) is 0 Å². The molecule has 1 aromatic carbocycles. The number of hydrogen-bond acceptors (Lipinski definition) is 2. The number of piperidine rings is 1. The van der Waals surface area contributed by atoms with E-state index in [1.807, 2.05) is 12.1 Å². The summed E-state index contributed by atoms with van der Waals surface area (Å²) in [6.45, 7) is 7.61. The first-order valence-corrected chi connectivity index (χ1v) is 7.70. The number of anilines is 1. The second-order valence-electron chi connectivity index (χ2n) is 5.93. The molecule has 19 heavy (non-hydrogen) atoms. The Morgan fingerprint density at radius 2 is 2.00 bits per heavy atom. The summed E-state index contributed by atoms with van der Waals surface area (Å²) in [5.41, 5.74) is 8.73. The van der Waals surface area contributed by atoms with Crippen molar-refractivity contribution < 1.29 is 0 Å². The molecule has 2 nitrogen and oxygen atoms in total. The number of rotatable bonds is 4. The maximum absolute atomic E-state index is 6.33. The van der Waals surface area contributed by atoms with Gasteiger partial charge in [-0.05, 0) is 48.9 Å².